The molecule has 0 aromatic rings. The van der Waals surface area contributed by atoms with Gasteiger partial charge in [0.05, 0.1) is 18.2 Å². The number of aliphatic imine (C=N–C) groups is 1. The minimum atomic E-state index is 0.407. The Morgan fingerprint density at radius 1 is 1.50 bits per heavy atom. The largest absolute Gasteiger partial charge is 0.373 e. The molecule has 0 aliphatic carbocycles. The lowest BCUT2D eigenvalue weighted by molar-refractivity contribution is 0.0992. The van der Waals surface area contributed by atoms with E-state index >= 15 is 0 Å². The topological polar surface area (TPSA) is 45.7 Å². The molecule has 4 nitrogen and oxygen atoms in total. The number of hydrogen-bond acceptors (Lipinski definition) is 3. The monoisotopic (exact) mass is 243 g/mol. The molecule has 2 fully saturated rings. The van der Waals surface area contributed by atoms with Crippen molar-refractivity contribution in [2.45, 2.75) is 37.5 Å². The molecule has 0 spiro atoms. The van der Waals surface area contributed by atoms with Crippen LogP contribution in [0.15, 0.2) is 4.99 Å². The molecule has 0 amide bonds. The van der Waals surface area contributed by atoms with Crippen molar-refractivity contribution in [2.75, 3.05) is 25.6 Å². The van der Waals surface area contributed by atoms with Gasteiger partial charge in [0, 0.05) is 19.3 Å². The van der Waals surface area contributed by atoms with Gasteiger partial charge in [-0.2, -0.15) is 11.8 Å². The summed E-state index contributed by atoms with van der Waals surface area (Å²) in [6.07, 6.45) is 6.58. The Balaban J connectivity index is 1.74. The fourth-order valence-corrected chi connectivity index (χ4v) is 2.74. The van der Waals surface area contributed by atoms with Crippen molar-refractivity contribution in [3.05, 3.63) is 0 Å². The van der Waals surface area contributed by atoms with Gasteiger partial charge < -0.3 is 15.4 Å². The number of guanidine groups is 1. The van der Waals surface area contributed by atoms with E-state index in [9.17, 15) is 0 Å². The number of hydrogen-bond donors (Lipinski definition) is 2. The van der Waals surface area contributed by atoms with Gasteiger partial charge in [-0.15, -0.1) is 0 Å². The number of nitrogens with zero attached hydrogens (tertiary/aromatic N) is 1. The van der Waals surface area contributed by atoms with Crippen LogP contribution in [0.2, 0.25) is 0 Å². The third-order valence-electron chi connectivity index (χ3n) is 3.25. The summed E-state index contributed by atoms with van der Waals surface area (Å²) in [4.78, 5) is 4.24. The van der Waals surface area contributed by atoms with Crippen LogP contribution in [0, 0.1) is 0 Å². The van der Waals surface area contributed by atoms with Crippen LogP contribution >= 0.6 is 11.8 Å². The molecule has 2 heterocycles. The molecule has 16 heavy (non-hydrogen) atoms. The standard InChI is InChI=1S/C11H21N3OS/c1-12-11(13-5-6-16-2)14-9-7-8-3-4-10(9)15-8/h8-10H,3-7H2,1-2H3,(H2,12,13,14). The molecule has 2 aliphatic rings. The van der Waals surface area contributed by atoms with Crippen LogP contribution in [0.3, 0.4) is 0 Å². The third kappa shape index (κ3) is 2.83. The summed E-state index contributed by atoms with van der Waals surface area (Å²) in [5, 5.41) is 6.78. The second kappa shape index (κ2) is 5.77. The fraction of sp³-hybridized carbons (Fsp3) is 0.909. The Bertz CT molecular complexity index is 260. The number of rotatable bonds is 4. The Labute approximate surface area is 102 Å². The maximum Gasteiger partial charge on any atom is 0.191 e. The average molecular weight is 243 g/mol. The molecular formula is C11H21N3OS. The van der Waals surface area contributed by atoms with Crippen molar-refractivity contribution in [2.24, 2.45) is 4.99 Å². The average Bonchev–Trinajstić information content (AvgIpc) is 2.89. The molecule has 3 unspecified atom stereocenters. The van der Waals surface area contributed by atoms with E-state index in [1.165, 1.54) is 12.8 Å². The van der Waals surface area contributed by atoms with Crippen molar-refractivity contribution < 1.29 is 4.74 Å². The zero-order chi connectivity index (χ0) is 11.4. The fourth-order valence-electron chi connectivity index (χ4n) is 2.43. The second-order valence-electron chi connectivity index (χ2n) is 4.35. The molecule has 0 aromatic carbocycles. The van der Waals surface area contributed by atoms with Crippen LogP contribution in [0.4, 0.5) is 0 Å². The Hall–Kier alpha value is -0.420. The summed E-state index contributed by atoms with van der Waals surface area (Å²) >= 11 is 1.84. The van der Waals surface area contributed by atoms with E-state index in [1.54, 1.807) is 0 Å². The molecular weight excluding hydrogens is 222 g/mol. The summed E-state index contributed by atoms with van der Waals surface area (Å²) in [6.45, 7) is 0.961. The lowest BCUT2D eigenvalue weighted by Gasteiger charge is -2.22. The Morgan fingerprint density at radius 3 is 2.94 bits per heavy atom. The van der Waals surface area contributed by atoms with E-state index in [0.717, 1.165) is 24.7 Å². The highest BCUT2D eigenvalue weighted by Gasteiger charge is 2.40. The first-order valence-electron chi connectivity index (χ1n) is 5.95. The third-order valence-corrected chi connectivity index (χ3v) is 3.86. The van der Waals surface area contributed by atoms with Gasteiger partial charge in [-0.05, 0) is 25.5 Å². The minimum absolute atomic E-state index is 0.407. The zero-order valence-corrected chi connectivity index (χ0v) is 10.8. The minimum Gasteiger partial charge on any atom is -0.373 e. The lowest BCUT2D eigenvalue weighted by Crippen LogP contribution is -2.47. The van der Waals surface area contributed by atoms with E-state index in [2.05, 4.69) is 21.9 Å². The smallest absolute Gasteiger partial charge is 0.191 e. The van der Waals surface area contributed by atoms with Gasteiger partial charge in [-0.25, -0.2) is 0 Å². The first-order chi connectivity index (χ1) is 7.83. The van der Waals surface area contributed by atoms with E-state index in [0.29, 0.717) is 18.2 Å². The van der Waals surface area contributed by atoms with Crippen LogP contribution < -0.4 is 10.6 Å². The van der Waals surface area contributed by atoms with Crippen LogP contribution in [-0.2, 0) is 4.74 Å². The molecule has 0 saturated carbocycles. The van der Waals surface area contributed by atoms with Gasteiger partial charge in [-0.1, -0.05) is 0 Å². The van der Waals surface area contributed by atoms with Gasteiger partial charge in [-0.3, -0.25) is 4.99 Å². The predicted octanol–water partition coefficient (Wildman–Crippen LogP) is 0.834. The molecule has 2 rings (SSSR count). The van der Waals surface area contributed by atoms with Gasteiger partial charge in [0.1, 0.15) is 0 Å². The molecule has 2 aliphatic heterocycles. The van der Waals surface area contributed by atoms with Crippen LogP contribution in [-0.4, -0.2) is 49.8 Å². The molecule has 92 valence electrons. The maximum absolute atomic E-state index is 5.81. The van der Waals surface area contributed by atoms with Crippen LogP contribution in [0.1, 0.15) is 19.3 Å². The van der Waals surface area contributed by atoms with E-state index in [1.807, 2.05) is 18.8 Å². The Kier molecular flexibility index (Phi) is 4.35. The quantitative estimate of drug-likeness (QED) is 0.436. The number of fused-ring (bicyclic) bond motifs is 2. The number of thioether (sulfide) groups is 1. The lowest BCUT2D eigenvalue weighted by atomic mass is 9.96. The van der Waals surface area contributed by atoms with Crippen molar-refractivity contribution in [3.63, 3.8) is 0 Å². The number of ether oxygens (including phenoxy) is 1. The molecule has 3 atom stereocenters. The predicted molar refractivity (Wildman–Crippen MR) is 69.2 cm³/mol. The molecule has 0 radical (unpaired) electrons. The second-order valence-corrected chi connectivity index (χ2v) is 5.34. The highest BCUT2D eigenvalue weighted by Crippen LogP contribution is 2.34. The van der Waals surface area contributed by atoms with Gasteiger partial charge >= 0.3 is 0 Å². The first-order valence-corrected chi connectivity index (χ1v) is 7.34. The summed E-state index contributed by atoms with van der Waals surface area (Å²) in [6, 6.07) is 0.458. The molecule has 5 heteroatoms. The molecule has 2 N–H and O–H groups in total. The van der Waals surface area contributed by atoms with E-state index < -0.39 is 0 Å². The van der Waals surface area contributed by atoms with Crippen LogP contribution in [0.25, 0.3) is 0 Å². The molecule has 2 saturated heterocycles. The summed E-state index contributed by atoms with van der Waals surface area (Å²) < 4.78 is 5.81. The summed E-state index contributed by atoms with van der Waals surface area (Å²) in [7, 11) is 1.82. The first kappa shape index (κ1) is 12.0. The van der Waals surface area contributed by atoms with Crippen molar-refractivity contribution >= 4 is 17.7 Å². The van der Waals surface area contributed by atoms with Crippen LogP contribution in [0.5, 0.6) is 0 Å². The highest BCUT2D eigenvalue weighted by molar-refractivity contribution is 7.98. The summed E-state index contributed by atoms with van der Waals surface area (Å²) in [5.74, 6) is 2.02. The Morgan fingerprint density at radius 2 is 2.38 bits per heavy atom. The van der Waals surface area contributed by atoms with E-state index in [-0.39, 0.29) is 0 Å². The molecule has 2 bridgehead atoms. The van der Waals surface area contributed by atoms with Crippen molar-refractivity contribution in [3.8, 4) is 0 Å². The normalized spacial score (nSPS) is 33.1. The van der Waals surface area contributed by atoms with Gasteiger partial charge in [0.15, 0.2) is 5.96 Å². The molecule has 0 aromatic heterocycles. The number of nitrogens with one attached hydrogen (secondary N) is 2. The highest BCUT2D eigenvalue weighted by atomic mass is 32.2. The van der Waals surface area contributed by atoms with Crippen molar-refractivity contribution in [1.82, 2.24) is 10.6 Å². The van der Waals surface area contributed by atoms with Gasteiger partial charge in [0.2, 0.25) is 0 Å². The van der Waals surface area contributed by atoms with E-state index in [4.69, 9.17) is 4.74 Å². The zero-order valence-electron chi connectivity index (χ0n) is 10.0. The summed E-state index contributed by atoms with van der Waals surface area (Å²) in [5.41, 5.74) is 0. The SMILES string of the molecule is CN=C(NCCSC)NC1CC2CCC1O2. The van der Waals surface area contributed by atoms with Gasteiger partial charge in [0.25, 0.3) is 0 Å². The van der Waals surface area contributed by atoms with Crippen molar-refractivity contribution in [1.29, 1.82) is 0 Å². The maximum atomic E-state index is 5.81.